The van der Waals surface area contributed by atoms with Crippen LogP contribution in [0.15, 0.2) is 48.7 Å². The number of unbranched alkanes of at least 4 members (excludes halogenated alkanes) is 2. The normalized spacial score (nSPS) is 14.2. The standard InChI is InChI=1S/C27H33ClN4O3/c1-3-4-5-6-7-24(29)23-18-30-25(27(34)31-17-20-8-10-21(28)11-9-20)16-26(23)35-22-12-14-32(15-13-22)19(2)33/h6-11,16,18,22,29H,3-5,12-15,17H2,1-2H3,(H,31,34)/b7-6-,29-24?. The number of rotatable bonds is 10. The van der Waals surface area contributed by atoms with Crippen molar-refractivity contribution in [2.24, 2.45) is 0 Å². The van der Waals surface area contributed by atoms with Crippen molar-refractivity contribution in [3.8, 4) is 5.75 Å². The van der Waals surface area contributed by atoms with Gasteiger partial charge in [0.15, 0.2) is 0 Å². The Morgan fingerprint density at radius 1 is 1.26 bits per heavy atom. The third-order valence-corrected chi connectivity index (χ3v) is 6.20. The SMILES string of the molecule is CCCC/C=C\C(=N)c1cnc(C(=O)NCc2ccc(Cl)cc2)cc1OC1CCN(C(C)=O)CC1. The second-order valence-corrected chi connectivity index (χ2v) is 9.09. The summed E-state index contributed by atoms with van der Waals surface area (Å²) in [7, 11) is 0. The molecule has 2 N–H and O–H groups in total. The predicted molar refractivity (Wildman–Crippen MR) is 138 cm³/mol. The molecule has 0 radical (unpaired) electrons. The zero-order valence-electron chi connectivity index (χ0n) is 20.4. The van der Waals surface area contributed by atoms with Gasteiger partial charge in [-0.15, -0.1) is 0 Å². The summed E-state index contributed by atoms with van der Waals surface area (Å²) < 4.78 is 6.28. The number of carbonyl (C=O) groups is 2. The molecule has 0 unspecified atom stereocenters. The number of nitrogens with zero attached hydrogens (tertiary/aromatic N) is 2. The summed E-state index contributed by atoms with van der Waals surface area (Å²) in [5.41, 5.74) is 1.98. The number of ether oxygens (including phenoxy) is 1. The molecule has 1 aromatic carbocycles. The van der Waals surface area contributed by atoms with Gasteiger partial charge in [-0.3, -0.25) is 14.6 Å². The minimum Gasteiger partial charge on any atom is -0.489 e. The van der Waals surface area contributed by atoms with Gasteiger partial charge in [0.05, 0.1) is 11.3 Å². The van der Waals surface area contributed by atoms with E-state index < -0.39 is 0 Å². The van der Waals surface area contributed by atoms with Gasteiger partial charge in [0, 0.05) is 56.7 Å². The van der Waals surface area contributed by atoms with Crippen molar-refractivity contribution in [2.45, 2.75) is 58.6 Å². The molecule has 0 saturated carbocycles. The van der Waals surface area contributed by atoms with Crippen LogP contribution in [-0.2, 0) is 11.3 Å². The number of allylic oxidation sites excluding steroid dienone is 2. The van der Waals surface area contributed by atoms with E-state index in [1.165, 1.54) is 6.20 Å². The first-order valence-electron chi connectivity index (χ1n) is 12.1. The van der Waals surface area contributed by atoms with Crippen molar-refractivity contribution < 1.29 is 14.3 Å². The second-order valence-electron chi connectivity index (χ2n) is 8.66. The third-order valence-electron chi connectivity index (χ3n) is 5.94. The number of hydrogen-bond donors (Lipinski definition) is 2. The molecule has 8 heteroatoms. The van der Waals surface area contributed by atoms with Crippen molar-refractivity contribution >= 4 is 29.1 Å². The highest BCUT2D eigenvalue weighted by Gasteiger charge is 2.24. The molecule has 7 nitrogen and oxygen atoms in total. The van der Waals surface area contributed by atoms with Gasteiger partial charge in [-0.1, -0.05) is 49.6 Å². The Balaban J connectivity index is 1.75. The van der Waals surface area contributed by atoms with E-state index in [4.69, 9.17) is 21.7 Å². The summed E-state index contributed by atoms with van der Waals surface area (Å²) in [6.07, 6.45) is 9.61. The van der Waals surface area contributed by atoms with E-state index in [-0.39, 0.29) is 29.3 Å². The molecule has 0 spiro atoms. The van der Waals surface area contributed by atoms with E-state index in [2.05, 4.69) is 17.2 Å². The number of aromatic nitrogens is 1. The van der Waals surface area contributed by atoms with Gasteiger partial charge in [-0.05, 0) is 30.2 Å². The molecular formula is C27H33ClN4O3. The molecule has 2 amide bonds. The molecule has 1 aliphatic rings. The van der Waals surface area contributed by atoms with Gasteiger partial charge < -0.3 is 20.4 Å². The molecule has 1 aliphatic heterocycles. The minimum absolute atomic E-state index is 0.0617. The van der Waals surface area contributed by atoms with E-state index >= 15 is 0 Å². The number of likely N-dealkylation sites (tertiary alicyclic amines) is 1. The molecule has 2 heterocycles. The average Bonchev–Trinajstić information content (AvgIpc) is 2.86. The number of halogens is 1. The van der Waals surface area contributed by atoms with Crippen LogP contribution in [-0.4, -0.2) is 46.6 Å². The number of pyridine rings is 1. The van der Waals surface area contributed by atoms with Gasteiger partial charge in [0.2, 0.25) is 5.91 Å². The first-order valence-corrected chi connectivity index (χ1v) is 12.5. The van der Waals surface area contributed by atoms with Crippen molar-refractivity contribution in [1.29, 1.82) is 5.41 Å². The predicted octanol–water partition coefficient (Wildman–Crippen LogP) is 5.17. The lowest BCUT2D eigenvalue weighted by atomic mass is 10.1. The van der Waals surface area contributed by atoms with E-state index in [0.717, 1.165) is 24.8 Å². The van der Waals surface area contributed by atoms with Gasteiger partial charge in [0.25, 0.3) is 5.91 Å². The Labute approximate surface area is 212 Å². The van der Waals surface area contributed by atoms with Crippen LogP contribution in [0.4, 0.5) is 0 Å². The number of nitrogens with one attached hydrogen (secondary N) is 2. The van der Waals surface area contributed by atoms with Gasteiger partial charge >= 0.3 is 0 Å². The maximum atomic E-state index is 12.8. The highest BCUT2D eigenvalue weighted by atomic mass is 35.5. The van der Waals surface area contributed by atoms with E-state index in [9.17, 15) is 9.59 Å². The Hall–Kier alpha value is -3.19. The minimum atomic E-state index is -0.326. The largest absolute Gasteiger partial charge is 0.489 e. The van der Waals surface area contributed by atoms with Crippen molar-refractivity contribution in [3.05, 3.63) is 70.5 Å². The smallest absolute Gasteiger partial charge is 0.270 e. The summed E-state index contributed by atoms with van der Waals surface area (Å²) >= 11 is 5.93. The molecular weight excluding hydrogens is 464 g/mol. The molecule has 0 aliphatic carbocycles. The summed E-state index contributed by atoms with van der Waals surface area (Å²) in [6.45, 7) is 5.30. The summed E-state index contributed by atoms with van der Waals surface area (Å²) in [4.78, 5) is 30.6. The molecule has 1 saturated heterocycles. The third kappa shape index (κ3) is 7.92. The fourth-order valence-electron chi connectivity index (χ4n) is 3.82. The van der Waals surface area contributed by atoms with E-state index in [0.29, 0.717) is 48.8 Å². The number of benzene rings is 1. The van der Waals surface area contributed by atoms with Crippen molar-refractivity contribution in [3.63, 3.8) is 0 Å². The lowest BCUT2D eigenvalue weighted by Crippen LogP contribution is -2.40. The zero-order valence-corrected chi connectivity index (χ0v) is 21.1. The highest BCUT2D eigenvalue weighted by Crippen LogP contribution is 2.25. The molecule has 2 aromatic rings. The first-order chi connectivity index (χ1) is 16.9. The maximum Gasteiger partial charge on any atom is 0.270 e. The van der Waals surface area contributed by atoms with Crippen LogP contribution in [0.2, 0.25) is 5.02 Å². The lowest BCUT2D eigenvalue weighted by Gasteiger charge is -2.32. The molecule has 3 rings (SSSR count). The van der Waals surface area contributed by atoms with Crippen molar-refractivity contribution in [1.82, 2.24) is 15.2 Å². The Bertz CT molecular complexity index is 1060. The van der Waals surface area contributed by atoms with E-state index in [1.54, 1.807) is 31.2 Å². The molecule has 1 aromatic heterocycles. The first kappa shape index (κ1) is 26.4. The molecule has 0 bridgehead atoms. The molecule has 0 atom stereocenters. The fourth-order valence-corrected chi connectivity index (χ4v) is 3.94. The quantitative estimate of drug-likeness (QED) is 0.350. The van der Waals surface area contributed by atoms with Crippen LogP contribution in [0.3, 0.4) is 0 Å². The maximum absolute atomic E-state index is 12.8. The second kappa shape index (κ2) is 13.0. The topological polar surface area (TPSA) is 95.4 Å². The van der Waals surface area contributed by atoms with Gasteiger partial charge in [0.1, 0.15) is 17.5 Å². The van der Waals surface area contributed by atoms with Crippen molar-refractivity contribution in [2.75, 3.05) is 13.1 Å². The van der Waals surface area contributed by atoms with Gasteiger partial charge in [-0.25, -0.2) is 0 Å². The van der Waals surface area contributed by atoms with E-state index in [1.807, 2.05) is 23.1 Å². The average molecular weight is 497 g/mol. The van der Waals surface area contributed by atoms with Crippen LogP contribution < -0.4 is 10.1 Å². The Kier molecular flexibility index (Phi) is 9.85. The van der Waals surface area contributed by atoms with Crippen LogP contribution in [0.25, 0.3) is 0 Å². The number of carbonyl (C=O) groups excluding carboxylic acids is 2. The number of piperidine rings is 1. The Morgan fingerprint density at radius 3 is 2.63 bits per heavy atom. The van der Waals surface area contributed by atoms with Crippen LogP contribution in [0, 0.1) is 5.41 Å². The molecule has 35 heavy (non-hydrogen) atoms. The molecule has 1 fully saturated rings. The van der Waals surface area contributed by atoms with Crippen LogP contribution in [0.5, 0.6) is 5.75 Å². The fraction of sp³-hybridized carbons (Fsp3) is 0.407. The van der Waals surface area contributed by atoms with Crippen LogP contribution in [0.1, 0.15) is 67.6 Å². The molecule has 186 valence electrons. The highest BCUT2D eigenvalue weighted by molar-refractivity contribution is 6.30. The lowest BCUT2D eigenvalue weighted by molar-refractivity contribution is -0.130. The number of amides is 2. The summed E-state index contributed by atoms with van der Waals surface area (Å²) in [5.74, 6) is 0.197. The van der Waals surface area contributed by atoms with Gasteiger partial charge in [-0.2, -0.15) is 0 Å². The Morgan fingerprint density at radius 2 is 1.97 bits per heavy atom. The summed E-state index contributed by atoms with van der Waals surface area (Å²) in [6, 6.07) is 8.87. The zero-order chi connectivity index (χ0) is 25.2. The summed E-state index contributed by atoms with van der Waals surface area (Å²) in [5, 5.41) is 12.0. The number of hydrogen-bond acceptors (Lipinski definition) is 5. The van der Waals surface area contributed by atoms with Crippen LogP contribution >= 0.6 is 11.6 Å². The monoisotopic (exact) mass is 496 g/mol.